The number of hydrogen-bond donors (Lipinski definition) is 2. The van der Waals surface area contributed by atoms with Crippen molar-refractivity contribution in [2.75, 3.05) is 11.9 Å². The van der Waals surface area contributed by atoms with Crippen LogP contribution in [0.5, 0.6) is 0 Å². The molecule has 0 unspecified atom stereocenters. The van der Waals surface area contributed by atoms with Gasteiger partial charge in [0, 0.05) is 22.5 Å². The molecule has 0 fully saturated rings. The van der Waals surface area contributed by atoms with Crippen LogP contribution in [0, 0.1) is 18.8 Å². The summed E-state index contributed by atoms with van der Waals surface area (Å²) in [5.41, 5.74) is 2.70. The van der Waals surface area contributed by atoms with Crippen molar-refractivity contribution in [2.24, 2.45) is 0 Å². The van der Waals surface area contributed by atoms with E-state index in [4.69, 9.17) is 5.11 Å². The molecular weight excluding hydrogens is 282 g/mol. The third-order valence-corrected chi connectivity index (χ3v) is 3.76. The van der Waals surface area contributed by atoms with E-state index in [9.17, 15) is 4.79 Å². The number of aryl methyl sites for hydroxylation is 1. The Morgan fingerprint density at radius 1 is 1.38 bits per heavy atom. The molecule has 1 aromatic heterocycles. The number of hydrogen-bond acceptors (Lipinski definition) is 3. The molecule has 4 heteroatoms. The SMILES string of the molecule is Cc1cc(NC(=O)Cc2cccs2)ccc1C#CCCO. The molecular formula is C17H17NO2S. The Labute approximate surface area is 128 Å². The maximum atomic E-state index is 11.9. The third-order valence-electron chi connectivity index (χ3n) is 2.88. The van der Waals surface area contributed by atoms with Gasteiger partial charge in [-0.15, -0.1) is 11.3 Å². The van der Waals surface area contributed by atoms with Crippen LogP contribution in [0.4, 0.5) is 5.69 Å². The van der Waals surface area contributed by atoms with Gasteiger partial charge in [-0.05, 0) is 42.1 Å². The summed E-state index contributed by atoms with van der Waals surface area (Å²) in [5.74, 6) is 5.89. The lowest BCUT2D eigenvalue weighted by Gasteiger charge is -2.06. The molecule has 21 heavy (non-hydrogen) atoms. The molecule has 2 N–H and O–H groups in total. The normalized spacial score (nSPS) is 9.81. The van der Waals surface area contributed by atoms with E-state index >= 15 is 0 Å². The van der Waals surface area contributed by atoms with Gasteiger partial charge in [0.25, 0.3) is 0 Å². The molecule has 0 aliphatic heterocycles. The van der Waals surface area contributed by atoms with Crippen molar-refractivity contribution in [3.05, 3.63) is 51.7 Å². The van der Waals surface area contributed by atoms with E-state index in [1.54, 1.807) is 11.3 Å². The maximum absolute atomic E-state index is 11.9. The number of anilines is 1. The number of benzene rings is 1. The van der Waals surface area contributed by atoms with Crippen LogP contribution in [0.2, 0.25) is 0 Å². The Morgan fingerprint density at radius 2 is 2.24 bits per heavy atom. The summed E-state index contributed by atoms with van der Waals surface area (Å²) in [6.07, 6.45) is 0.869. The Hall–Kier alpha value is -2.09. The molecule has 0 aliphatic rings. The van der Waals surface area contributed by atoms with Gasteiger partial charge >= 0.3 is 0 Å². The molecule has 2 rings (SSSR count). The Balaban J connectivity index is 2.00. The van der Waals surface area contributed by atoms with E-state index in [2.05, 4.69) is 17.2 Å². The van der Waals surface area contributed by atoms with Crippen LogP contribution < -0.4 is 5.32 Å². The number of carbonyl (C=O) groups excluding carboxylic acids is 1. The quantitative estimate of drug-likeness (QED) is 0.853. The fourth-order valence-electron chi connectivity index (χ4n) is 1.87. The van der Waals surface area contributed by atoms with E-state index in [0.29, 0.717) is 12.8 Å². The fraction of sp³-hybridized carbons (Fsp3) is 0.235. The van der Waals surface area contributed by atoms with Crippen LogP contribution >= 0.6 is 11.3 Å². The molecule has 0 aliphatic carbocycles. The zero-order valence-corrected chi connectivity index (χ0v) is 12.7. The molecule has 0 saturated carbocycles. The van der Waals surface area contributed by atoms with Crippen molar-refractivity contribution in [2.45, 2.75) is 19.8 Å². The minimum absolute atomic E-state index is 0.0176. The summed E-state index contributed by atoms with van der Waals surface area (Å²) in [5, 5.41) is 13.6. The molecule has 1 amide bonds. The predicted molar refractivity (Wildman–Crippen MR) is 86.4 cm³/mol. The highest BCUT2D eigenvalue weighted by Crippen LogP contribution is 2.16. The first-order valence-corrected chi connectivity index (χ1v) is 7.59. The van der Waals surface area contributed by atoms with Crippen LogP contribution in [0.3, 0.4) is 0 Å². The van der Waals surface area contributed by atoms with Gasteiger partial charge < -0.3 is 10.4 Å². The summed E-state index contributed by atoms with van der Waals surface area (Å²) in [6.45, 7) is 2.03. The van der Waals surface area contributed by atoms with Gasteiger partial charge in [-0.25, -0.2) is 0 Å². The molecule has 0 bridgehead atoms. The zero-order valence-electron chi connectivity index (χ0n) is 11.8. The first kappa shape index (κ1) is 15.3. The number of nitrogens with one attached hydrogen (secondary N) is 1. The van der Waals surface area contributed by atoms with Crippen LogP contribution in [0.25, 0.3) is 0 Å². The van der Waals surface area contributed by atoms with Crippen LogP contribution in [0.1, 0.15) is 22.4 Å². The predicted octanol–water partition coefficient (Wildman–Crippen LogP) is 2.97. The summed E-state index contributed by atoms with van der Waals surface area (Å²) >= 11 is 1.58. The lowest BCUT2D eigenvalue weighted by atomic mass is 10.1. The smallest absolute Gasteiger partial charge is 0.229 e. The number of carbonyl (C=O) groups is 1. The van der Waals surface area contributed by atoms with E-state index in [1.807, 2.05) is 42.6 Å². The second kappa shape index (κ2) is 7.63. The summed E-state index contributed by atoms with van der Waals surface area (Å²) in [4.78, 5) is 13.0. The van der Waals surface area contributed by atoms with Gasteiger partial charge in [0.2, 0.25) is 5.91 Å². The highest BCUT2D eigenvalue weighted by Gasteiger charge is 2.05. The highest BCUT2D eigenvalue weighted by atomic mass is 32.1. The number of aliphatic hydroxyl groups excluding tert-OH is 1. The highest BCUT2D eigenvalue weighted by molar-refractivity contribution is 7.10. The van der Waals surface area contributed by atoms with Gasteiger partial charge in [0.05, 0.1) is 13.0 Å². The number of aliphatic hydroxyl groups is 1. The monoisotopic (exact) mass is 299 g/mol. The second-order valence-electron chi connectivity index (χ2n) is 4.61. The molecule has 3 nitrogen and oxygen atoms in total. The second-order valence-corrected chi connectivity index (χ2v) is 5.64. The van der Waals surface area contributed by atoms with E-state index in [-0.39, 0.29) is 12.5 Å². The first-order valence-electron chi connectivity index (χ1n) is 6.71. The average molecular weight is 299 g/mol. The molecule has 0 radical (unpaired) electrons. The molecule has 1 heterocycles. The van der Waals surface area contributed by atoms with E-state index < -0.39 is 0 Å². The van der Waals surface area contributed by atoms with Crippen molar-refractivity contribution in [1.82, 2.24) is 0 Å². The molecule has 2 aromatic rings. The Morgan fingerprint density at radius 3 is 2.90 bits per heavy atom. The van der Waals surface area contributed by atoms with Crippen LogP contribution in [-0.4, -0.2) is 17.6 Å². The first-order chi connectivity index (χ1) is 10.2. The number of amides is 1. The molecule has 0 saturated heterocycles. The van der Waals surface area contributed by atoms with E-state index in [1.165, 1.54) is 0 Å². The van der Waals surface area contributed by atoms with Gasteiger partial charge in [-0.2, -0.15) is 0 Å². The van der Waals surface area contributed by atoms with Gasteiger partial charge in [-0.1, -0.05) is 17.9 Å². The Kier molecular flexibility index (Phi) is 5.56. The fourth-order valence-corrected chi connectivity index (χ4v) is 2.58. The van der Waals surface area contributed by atoms with Gasteiger partial charge in [0.15, 0.2) is 0 Å². The maximum Gasteiger partial charge on any atom is 0.229 e. The zero-order chi connectivity index (χ0) is 15.1. The standard InChI is InChI=1S/C17H17NO2S/c1-13-11-15(8-7-14(13)5-2-3-9-19)18-17(20)12-16-6-4-10-21-16/h4,6-8,10-11,19H,3,9,12H2,1H3,(H,18,20). The van der Waals surface area contributed by atoms with Crippen molar-refractivity contribution in [3.63, 3.8) is 0 Å². The van der Waals surface area contributed by atoms with Crippen molar-refractivity contribution >= 4 is 22.9 Å². The Bertz CT molecular complexity index is 666. The van der Waals surface area contributed by atoms with E-state index in [0.717, 1.165) is 21.7 Å². The number of thiophene rings is 1. The third kappa shape index (κ3) is 4.75. The van der Waals surface area contributed by atoms with Gasteiger partial charge in [0.1, 0.15) is 0 Å². The minimum atomic E-state index is -0.0176. The topological polar surface area (TPSA) is 49.3 Å². The average Bonchev–Trinajstić information content (AvgIpc) is 2.94. The molecule has 0 atom stereocenters. The largest absolute Gasteiger partial charge is 0.395 e. The lowest BCUT2D eigenvalue weighted by molar-refractivity contribution is -0.115. The van der Waals surface area contributed by atoms with Gasteiger partial charge in [-0.3, -0.25) is 4.79 Å². The van der Waals surface area contributed by atoms with Crippen LogP contribution in [0.15, 0.2) is 35.7 Å². The van der Waals surface area contributed by atoms with Crippen LogP contribution in [-0.2, 0) is 11.2 Å². The summed E-state index contributed by atoms with van der Waals surface area (Å²) in [7, 11) is 0. The van der Waals surface area contributed by atoms with Crippen molar-refractivity contribution < 1.29 is 9.90 Å². The summed E-state index contributed by atoms with van der Waals surface area (Å²) < 4.78 is 0. The van der Waals surface area contributed by atoms with Crippen molar-refractivity contribution in [1.29, 1.82) is 0 Å². The lowest BCUT2D eigenvalue weighted by Crippen LogP contribution is -2.13. The summed E-state index contributed by atoms with van der Waals surface area (Å²) in [6, 6.07) is 9.55. The molecule has 1 aromatic carbocycles. The minimum Gasteiger partial charge on any atom is -0.395 e. The number of rotatable bonds is 4. The molecule has 108 valence electrons. The molecule has 0 spiro atoms. The van der Waals surface area contributed by atoms with Crippen molar-refractivity contribution in [3.8, 4) is 11.8 Å².